The Bertz CT molecular complexity index is 436. The van der Waals surface area contributed by atoms with Gasteiger partial charge in [0.2, 0.25) is 0 Å². The number of hydrogen-bond donors (Lipinski definition) is 0. The lowest BCUT2D eigenvalue weighted by atomic mass is 9.82. The van der Waals surface area contributed by atoms with Crippen LogP contribution in [0.3, 0.4) is 0 Å². The van der Waals surface area contributed by atoms with E-state index in [4.69, 9.17) is 4.74 Å². The molecule has 0 aliphatic rings. The summed E-state index contributed by atoms with van der Waals surface area (Å²) >= 11 is 0. The minimum atomic E-state index is -1.50. The lowest BCUT2D eigenvalue weighted by Crippen LogP contribution is -2.42. The van der Waals surface area contributed by atoms with Crippen LogP contribution < -0.4 is 4.74 Å². The van der Waals surface area contributed by atoms with Crippen LogP contribution in [-0.4, -0.2) is 33.3 Å². The fraction of sp³-hybridized carbons (Fsp3) is 0.385. The van der Waals surface area contributed by atoms with Gasteiger partial charge in [-0.1, -0.05) is 12.1 Å². The maximum atomic E-state index is 11.9. The average molecular weight is 252 g/mol. The zero-order chi connectivity index (χ0) is 13.8. The van der Waals surface area contributed by atoms with Crippen LogP contribution >= 0.6 is 0 Å². The monoisotopic (exact) mass is 252 g/mol. The Labute approximate surface area is 106 Å². The molecule has 0 bridgehead atoms. The molecule has 18 heavy (non-hydrogen) atoms. The van der Waals surface area contributed by atoms with Gasteiger partial charge in [-0.3, -0.25) is 9.59 Å². The molecule has 5 nitrogen and oxygen atoms in total. The van der Waals surface area contributed by atoms with E-state index in [1.807, 2.05) is 0 Å². The molecule has 0 saturated carbocycles. The van der Waals surface area contributed by atoms with Crippen molar-refractivity contribution in [3.63, 3.8) is 0 Å². The first-order valence-corrected chi connectivity index (χ1v) is 5.32. The van der Waals surface area contributed by atoms with E-state index in [0.29, 0.717) is 11.3 Å². The van der Waals surface area contributed by atoms with Crippen LogP contribution in [0.2, 0.25) is 0 Å². The molecule has 0 amide bonds. The molecule has 0 unspecified atom stereocenters. The average Bonchev–Trinajstić information content (AvgIpc) is 2.44. The number of hydrogen-bond acceptors (Lipinski definition) is 5. The van der Waals surface area contributed by atoms with Crippen LogP contribution in [0.4, 0.5) is 0 Å². The summed E-state index contributed by atoms with van der Waals surface area (Å²) in [5.74, 6) is -0.809. The topological polar surface area (TPSA) is 61.8 Å². The molecule has 0 fully saturated rings. The number of methoxy groups -OCH3 is 3. The van der Waals surface area contributed by atoms with E-state index in [0.717, 1.165) is 0 Å². The minimum Gasteiger partial charge on any atom is -0.497 e. The first-order chi connectivity index (χ1) is 8.50. The van der Waals surface area contributed by atoms with E-state index in [-0.39, 0.29) is 0 Å². The van der Waals surface area contributed by atoms with E-state index >= 15 is 0 Å². The van der Waals surface area contributed by atoms with Gasteiger partial charge in [0.1, 0.15) is 5.75 Å². The lowest BCUT2D eigenvalue weighted by Gasteiger charge is -2.24. The summed E-state index contributed by atoms with van der Waals surface area (Å²) < 4.78 is 14.4. The van der Waals surface area contributed by atoms with E-state index in [1.54, 1.807) is 24.3 Å². The lowest BCUT2D eigenvalue weighted by molar-refractivity contribution is -0.160. The largest absolute Gasteiger partial charge is 0.497 e. The molecule has 0 heterocycles. The summed E-state index contributed by atoms with van der Waals surface area (Å²) in [6, 6.07) is 6.67. The molecule has 0 N–H and O–H groups in total. The molecule has 0 aromatic heterocycles. The van der Waals surface area contributed by atoms with Crippen molar-refractivity contribution >= 4 is 11.9 Å². The van der Waals surface area contributed by atoms with Crippen molar-refractivity contribution < 1.29 is 23.8 Å². The molecule has 0 saturated heterocycles. The zero-order valence-corrected chi connectivity index (χ0v) is 10.9. The normalized spacial score (nSPS) is 10.7. The number of ether oxygens (including phenoxy) is 3. The van der Waals surface area contributed by atoms with Gasteiger partial charge in [0.25, 0.3) is 0 Å². The van der Waals surface area contributed by atoms with Gasteiger partial charge in [0.15, 0.2) is 5.41 Å². The number of benzene rings is 1. The second kappa shape index (κ2) is 5.53. The first kappa shape index (κ1) is 14.0. The summed E-state index contributed by atoms with van der Waals surface area (Å²) in [5.41, 5.74) is -1.04. The Morgan fingerprint density at radius 2 is 1.61 bits per heavy atom. The summed E-state index contributed by atoms with van der Waals surface area (Å²) in [4.78, 5) is 23.7. The highest BCUT2D eigenvalue weighted by Gasteiger charge is 2.45. The molecule has 1 aromatic carbocycles. The van der Waals surface area contributed by atoms with Crippen LogP contribution in [-0.2, 0) is 24.5 Å². The molecule has 0 radical (unpaired) electrons. The van der Waals surface area contributed by atoms with Gasteiger partial charge in [-0.25, -0.2) is 0 Å². The molecular weight excluding hydrogens is 236 g/mol. The maximum absolute atomic E-state index is 11.9. The summed E-state index contributed by atoms with van der Waals surface area (Å²) in [6.07, 6.45) is 0. The van der Waals surface area contributed by atoms with Crippen LogP contribution in [0, 0.1) is 0 Å². The van der Waals surface area contributed by atoms with Gasteiger partial charge in [-0.2, -0.15) is 0 Å². The smallest absolute Gasteiger partial charge is 0.327 e. The SMILES string of the molecule is COC(=O)C(C)(C(=O)OC)c1cccc(OC)c1. The highest BCUT2D eigenvalue weighted by Crippen LogP contribution is 2.29. The zero-order valence-electron chi connectivity index (χ0n) is 10.9. The van der Waals surface area contributed by atoms with Gasteiger partial charge < -0.3 is 14.2 Å². The van der Waals surface area contributed by atoms with Crippen molar-refractivity contribution in [2.45, 2.75) is 12.3 Å². The predicted molar refractivity (Wildman–Crippen MR) is 64.4 cm³/mol. The molecule has 0 atom stereocenters. The molecule has 1 rings (SSSR count). The Hall–Kier alpha value is -2.04. The van der Waals surface area contributed by atoms with E-state index in [9.17, 15) is 9.59 Å². The van der Waals surface area contributed by atoms with Gasteiger partial charge in [-0.05, 0) is 24.6 Å². The molecule has 1 aromatic rings. The van der Waals surface area contributed by atoms with Gasteiger partial charge >= 0.3 is 11.9 Å². The molecule has 0 aliphatic heterocycles. The fourth-order valence-corrected chi connectivity index (χ4v) is 1.66. The number of rotatable bonds is 4. The van der Waals surface area contributed by atoms with Crippen molar-refractivity contribution in [2.75, 3.05) is 21.3 Å². The second-order valence-corrected chi connectivity index (χ2v) is 3.84. The van der Waals surface area contributed by atoms with Crippen LogP contribution in [0.15, 0.2) is 24.3 Å². The van der Waals surface area contributed by atoms with Gasteiger partial charge in [0, 0.05) is 0 Å². The summed E-state index contributed by atoms with van der Waals surface area (Å²) in [7, 11) is 3.96. The van der Waals surface area contributed by atoms with E-state index < -0.39 is 17.4 Å². The highest BCUT2D eigenvalue weighted by atomic mass is 16.5. The van der Waals surface area contributed by atoms with Gasteiger partial charge in [-0.15, -0.1) is 0 Å². The van der Waals surface area contributed by atoms with Crippen molar-refractivity contribution in [3.05, 3.63) is 29.8 Å². The summed E-state index contributed by atoms with van der Waals surface area (Å²) in [6.45, 7) is 1.46. The van der Waals surface area contributed by atoms with Crippen molar-refractivity contribution in [3.8, 4) is 5.75 Å². The standard InChI is InChI=1S/C13H16O5/c1-13(11(14)17-3,12(15)18-4)9-6-5-7-10(8-9)16-2/h5-8H,1-4H3. The molecule has 5 heteroatoms. The van der Waals surface area contributed by atoms with Crippen molar-refractivity contribution in [2.24, 2.45) is 0 Å². The molecule has 0 aliphatic carbocycles. The Kier molecular flexibility index (Phi) is 4.31. The quantitative estimate of drug-likeness (QED) is 0.597. The number of carbonyl (C=O) groups is 2. The highest BCUT2D eigenvalue weighted by molar-refractivity contribution is 6.05. The third-order valence-corrected chi connectivity index (χ3v) is 2.83. The predicted octanol–water partition coefficient (Wildman–Crippen LogP) is 1.30. The third kappa shape index (κ3) is 2.30. The number of esters is 2. The Morgan fingerprint density at radius 3 is 2.06 bits per heavy atom. The fourth-order valence-electron chi connectivity index (χ4n) is 1.66. The van der Waals surface area contributed by atoms with Crippen LogP contribution in [0.1, 0.15) is 12.5 Å². The van der Waals surface area contributed by atoms with Crippen LogP contribution in [0.25, 0.3) is 0 Å². The molecular formula is C13H16O5. The third-order valence-electron chi connectivity index (χ3n) is 2.83. The van der Waals surface area contributed by atoms with E-state index in [1.165, 1.54) is 28.3 Å². The maximum Gasteiger partial charge on any atom is 0.327 e. The molecule has 0 spiro atoms. The van der Waals surface area contributed by atoms with E-state index in [2.05, 4.69) is 9.47 Å². The minimum absolute atomic E-state index is 0.459. The number of carbonyl (C=O) groups excluding carboxylic acids is 2. The van der Waals surface area contributed by atoms with Gasteiger partial charge in [0.05, 0.1) is 21.3 Å². The Morgan fingerprint density at radius 1 is 1.06 bits per heavy atom. The second-order valence-electron chi connectivity index (χ2n) is 3.84. The Balaban J connectivity index is 3.34. The molecule has 98 valence electrons. The first-order valence-electron chi connectivity index (χ1n) is 5.32. The summed E-state index contributed by atoms with van der Waals surface area (Å²) in [5, 5.41) is 0. The van der Waals surface area contributed by atoms with Crippen molar-refractivity contribution in [1.82, 2.24) is 0 Å². The van der Waals surface area contributed by atoms with Crippen LogP contribution in [0.5, 0.6) is 5.75 Å². The van der Waals surface area contributed by atoms with Crippen molar-refractivity contribution in [1.29, 1.82) is 0 Å².